The van der Waals surface area contributed by atoms with Gasteiger partial charge in [-0.1, -0.05) is 18.2 Å². The Morgan fingerprint density at radius 3 is 2.58 bits per heavy atom. The van der Waals surface area contributed by atoms with Gasteiger partial charge in [0.05, 0.1) is 6.54 Å². The molecule has 1 spiro atoms. The van der Waals surface area contributed by atoms with Gasteiger partial charge < -0.3 is 10.2 Å². The summed E-state index contributed by atoms with van der Waals surface area (Å²) in [6.45, 7) is 2.36. The zero-order valence-corrected chi connectivity index (χ0v) is 15.0. The third-order valence-electron chi connectivity index (χ3n) is 5.84. The Balaban J connectivity index is 1.39. The minimum atomic E-state index is -0.775. The lowest BCUT2D eigenvalue weighted by Gasteiger charge is -2.38. The van der Waals surface area contributed by atoms with Gasteiger partial charge in [-0.15, -0.1) is 0 Å². The van der Waals surface area contributed by atoms with Gasteiger partial charge in [-0.3, -0.25) is 19.4 Å². The van der Waals surface area contributed by atoms with Crippen LogP contribution in [0.5, 0.6) is 0 Å². The second kappa shape index (κ2) is 6.39. The van der Waals surface area contributed by atoms with Gasteiger partial charge in [-0.05, 0) is 37.3 Å². The standard InChI is InChI=1S/C19H24N4O3/c1-21-17(25)19(20-18(21)26)8-11-22(12-9-19)13-16(24)23-10-4-6-14-5-2-3-7-15(14)23/h2-3,5,7H,4,6,8-13H2,1H3,(H,20,26). The van der Waals surface area contributed by atoms with Gasteiger partial charge in [0, 0.05) is 32.4 Å². The van der Waals surface area contributed by atoms with E-state index in [1.165, 1.54) is 12.6 Å². The maximum atomic E-state index is 12.8. The van der Waals surface area contributed by atoms with Gasteiger partial charge in [0.1, 0.15) is 5.54 Å². The van der Waals surface area contributed by atoms with Crippen molar-refractivity contribution >= 4 is 23.5 Å². The summed E-state index contributed by atoms with van der Waals surface area (Å²) in [6.07, 6.45) is 3.10. The number of benzene rings is 1. The van der Waals surface area contributed by atoms with E-state index in [4.69, 9.17) is 0 Å². The molecule has 138 valence electrons. The average Bonchev–Trinajstić information content (AvgIpc) is 2.87. The number of nitrogens with zero attached hydrogens (tertiary/aromatic N) is 3. The molecule has 3 aliphatic heterocycles. The van der Waals surface area contributed by atoms with E-state index in [-0.39, 0.29) is 17.8 Å². The highest BCUT2D eigenvalue weighted by molar-refractivity contribution is 6.06. The van der Waals surface area contributed by atoms with Crippen LogP contribution in [-0.4, -0.2) is 66.4 Å². The van der Waals surface area contributed by atoms with E-state index < -0.39 is 5.54 Å². The molecule has 0 aliphatic carbocycles. The van der Waals surface area contributed by atoms with E-state index in [0.717, 1.165) is 30.0 Å². The van der Waals surface area contributed by atoms with Crippen molar-refractivity contribution in [1.29, 1.82) is 0 Å². The lowest BCUT2D eigenvalue weighted by Crippen LogP contribution is -2.56. The minimum Gasteiger partial charge on any atom is -0.323 e. The molecule has 0 unspecified atom stereocenters. The molecule has 7 nitrogen and oxygen atoms in total. The number of likely N-dealkylation sites (tertiary alicyclic amines) is 1. The molecule has 1 aromatic rings. The number of para-hydroxylation sites is 1. The lowest BCUT2D eigenvalue weighted by molar-refractivity contribution is -0.132. The summed E-state index contributed by atoms with van der Waals surface area (Å²) in [5.41, 5.74) is 1.48. The van der Waals surface area contributed by atoms with Crippen molar-refractivity contribution in [2.24, 2.45) is 0 Å². The monoisotopic (exact) mass is 356 g/mol. The Kier molecular flexibility index (Phi) is 4.19. The Labute approximate surface area is 152 Å². The van der Waals surface area contributed by atoms with Crippen molar-refractivity contribution < 1.29 is 14.4 Å². The van der Waals surface area contributed by atoms with Gasteiger partial charge >= 0.3 is 6.03 Å². The molecular weight excluding hydrogens is 332 g/mol. The molecule has 0 saturated carbocycles. The molecule has 7 heteroatoms. The van der Waals surface area contributed by atoms with Gasteiger partial charge in [0.15, 0.2) is 0 Å². The first-order valence-corrected chi connectivity index (χ1v) is 9.21. The third-order valence-corrected chi connectivity index (χ3v) is 5.84. The fraction of sp³-hybridized carbons (Fsp3) is 0.526. The molecule has 4 amide bonds. The molecular formula is C19H24N4O3. The molecule has 4 rings (SSSR count). The van der Waals surface area contributed by atoms with Crippen LogP contribution in [0, 0.1) is 0 Å². The number of aryl methyl sites for hydroxylation is 1. The van der Waals surface area contributed by atoms with E-state index in [9.17, 15) is 14.4 Å². The quantitative estimate of drug-likeness (QED) is 0.802. The van der Waals surface area contributed by atoms with Crippen molar-refractivity contribution in [2.75, 3.05) is 38.1 Å². The van der Waals surface area contributed by atoms with Crippen LogP contribution >= 0.6 is 0 Å². The van der Waals surface area contributed by atoms with E-state index >= 15 is 0 Å². The van der Waals surface area contributed by atoms with Crippen LogP contribution in [0.1, 0.15) is 24.8 Å². The lowest BCUT2D eigenvalue weighted by atomic mass is 9.87. The molecule has 0 atom stereocenters. The summed E-state index contributed by atoms with van der Waals surface area (Å²) in [5, 5.41) is 2.83. The second-order valence-electron chi connectivity index (χ2n) is 7.43. The molecule has 3 heterocycles. The number of fused-ring (bicyclic) bond motifs is 1. The Morgan fingerprint density at radius 2 is 1.88 bits per heavy atom. The van der Waals surface area contributed by atoms with Crippen molar-refractivity contribution in [3.63, 3.8) is 0 Å². The van der Waals surface area contributed by atoms with Gasteiger partial charge in [-0.2, -0.15) is 0 Å². The largest absolute Gasteiger partial charge is 0.324 e. The summed E-state index contributed by atoms with van der Waals surface area (Å²) in [7, 11) is 1.51. The first-order valence-electron chi connectivity index (χ1n) is 9.21. The number of hydrogen-bond donors (Lipinski definition) is 1. The molecule has 0 aromatic heterocycles. The molecule has 2 saturated heterocycles. The van der Waals surface area contributed by atoms with Gasteiger partial charge in [-0.25, -0.2) is 4.79 Å². The van der Waals surface area contributed by atoms with Crippen LogP contribution in [0.2, 0.25) is 0 Å². The number of likely N-dealkylation sites (N-methyl/N-ethyl adjacent to an activating group) is 1. The zero-order valence-electron chi connectivity index (χ0n) is 15.0. The normalized spacial score (nSPS) is 22.5. The summed E-state index contributed by atoms with van der Waals surface area (Å²) in [5.74, 6) is -0.0505. The first-order chi connectivity index (χ1) is 12.5. The van der Waals surface area contributed by atoms with E-state index in [0.29, 0.717) is 32.5 Å². The van der Waals surface area contributed by atoms with Crippen LogP contribution < -0.4 is 10.2 Å². The summed E-state index contributed by atoms with van der Waals surface area (Å²) >= 11 is 0. The van der Waals surface area contributed by atoms with Gasteiger partial charge in [0.2, 0.25) is 5.91 Å². The van der Waals surface area contributed by atoms with Crippen LogP contribution in [0.3, 0.4) is 0 Å². The first kappa shape index (κ1) is 17.0. The minimum absolute atomic E-state index is 0.104. The molecule has 0 radical (unpaired) electrons. The van der Waals surface area contributed by atoms with Gasteiger partial charge in [0.25, 0.3) is 5.91 Å². The summed E-state index contributed by atoms with van der Waals surface area (Å²) < 4.78 is 0. The average molecular weight is 356 g/mol. The predicted molar refractivity (Wildman–Crippen MR) is 96.8 cm³/mol. The SMILES string of the molecule is CN1C(=O)NC2(CCN(CC(=O)N3CCCc4ccccc43)CC2)C1=O. The number of piperidine rings is 1. The molecule has 3 aliphatic rings. The number of hydrogen-bond acceptors (Lipinski definition) is 4. The topological polar surface area (TPSA) is 73.0 Å². The highest BCUT2D eigenvalue weighted by atomic mass is 16.2. The van der Waals surface area contributed by atoms with Crippen LogP contribution in [0.4, 0.5) is 10.5 Å². The molecule has 2 fully saturated rings. The predicted octanol–water partition coefficient (Wildman–Crippen LogP) is 0.982. The van der Waals surface area contributed by atoms with Crippen LogP contribution in [0.15, 0.2) is 24.3 Å². The maximum absolute atomic E-state index is 12.8. The second-order valence-corrected chi connectivity index (χ2v) is 7.43. The third kappa shape index (κ3) is 2.76. The fourth-order valence-electron chi connectivity index (χ4n) is 4.26. The zero-order chi connectivity index (χ0) is 18.3. The smallest absolute Gasteiger partial charge is 0.323 e. The van der Waals surface area contributed by atoms with Crippen LogP contribution in [0.25, 0.3) is 0 Å². The Hall–Kier alpha value is -2.41. The highest BCUT2D eigenvalue weighted by Crippen LogP contribution is 2.30. The molecule has 1 aromatic carbocycles. The van der Waals surface area contributed by atoms with Crippen molar-refractivity contribution in [3.8, 4) is 0 Å². The van der Waals surface area contributed by atoms with E-state index in [1.807, 2.05) is 23.1 Å². The summed E-state index contributed by atoms with van der Waals surface area (Å²) in [4.78, 5) is 42.1. The Morgan fingerprint density at radius 1 is 1.15 bits per heavy atom. The molecule has 0 bridgehead atoms. The summed E-state index contributed by atoms with van der Waals surface area (Å²) in [6, 6.07) is 7.76. The van der Waals surface area contributed by atoms with E-state index in [1.54, 1.807) is 0 Å². The van der Waals surface area contributed by atoms with Crippen molar-refractivity contribution in [3.05, 3.63) is 29.8 Å². The number of imide groups is 1. The van der Waals surface area contributed by atoms with Crippen molar-refractivity contribution in [2.45, 2.75) is 31.2 Å². The Bertz CT molecular complexity index is 755. The highest BCUT2D eigenvalue weighted by Gasteiger charge is 2.51. The number of carbonyl (C=O) groups excluding carboxylic acids is 3. The fourth-order valence-corrected chi connectivity index (χ4v) is 4.26. The molecule has 1 N–H and O–H groups in total. The number of anilines is 1. The number of amides is 4. The molecule has 26 heavy (non-hydrogen) atoms. The van der Waals surface area contributed by atoms with Crippen LogP contribution in [-0.2, 0) is 16.0 Å². The van der Waals surface area contributed by atoms with E-state index in [2.05, 4.69) is 16.3 Å². The number of nitrogens with one attached hydrogen (secondary N) is 1. The number of rotatable bonds is 2. The van der Waals surface area contributed by atoms with Crippen molar-refractivity contribution in [1.82, 2.24) is 15.1 Å². The number of carbonyl (C=O) groups is 3. The number of urea groups is 1. The maximum Gasteiger partial charge on any atom is 0.324 e.